The number of nitrogens with zero attached hydrogens (tertiary/aromatic N) is 3. The van der Waals surface area contributed by atoms with Crippen LogP contribution in [-0.2, 0) is 12.7 Å². The number of hydrogen-bond donors (Lipinski definition) is 1. The Morgan fingerprint density at radius 1 is 1.40 bits per heavy atom. The number of aromatic nitrogens is 2. The number of aryl methyl sites for hydroxylation is 1. The molecule has 2 aromatic rings. The quantitative estimate of drug-likeness (QED) is 0.936. The summed E-state index contributed by atoms with van der Waals surface area (Å²) < 4.78 is 42.3. The Balaban J connectivity index is 2.18. The molecular weight excluding hydrogens is 273 g/mol. The molecule has 0 amide bonds. The predicted octanol–water partition coefficient (Wildman–Crippen LogP) is 2.88. The Hall–Kier alpha value is -2.56. The average Bonchev–Trinajstić information content (AvgIpc) is 2.81. The van der Waals surface area contributed by atoms with Crippen LogP contribution in [0.2, 0.25) is 0 Å². The topological polar surface area (TPSA) is 74.7 Å². The van der Waals surface area contributed by atoms with Crippen LogP contribution in [0.4, 0.5) is 18.9 Å². The average molecular weight is 282 g/mol. The maximum absolute atomic E-state index is 12.5. The summed E-state index contributed by atoms with van der Waals surface area (Å²) in [5.41, 5.74) is -0.682. The minimum atomic E-state index is -4.48. The van der Waals surface area contributed by atoms with E-state index < -0.39 is 11.7 Å². The van der Waals surface area contributed by atoms with Gasteiger partial charge in [0.2, 0.25) is 5.89 Å². The molecule has 0 radical (unpaired) electrons. The zero-order valence-electron chi connectivity index (χ0n) is 10.3. The van der Waals surface area contributed by atoms with Gasteiger partial charge in [0.1, 0.15) is 6.07 Å². The summed E-state index contributed by atoms with van der Waals surface area (Å²) in [4.78, 5) is 3.93. The highest BCUT2D eigenvalue weighted by Gasteiger charge is 2.31. The molecular formula is C12H9F3N4O. The molecule has 5 nitrogen and oxygen atoms in total. The fourth-order valence-corrected chi connectivity index (χ4v) is 1.55. The summed E-state index contributed by atoms with van der Waals surface area (Å²) >= 11 is 0. The minimum absolute atomic E-state index is 0.0972. The van der Waals surface area contributed by atoms with Gasteiger partial charge in [0.25, 0.3) is 0 Å². The van der Waals surface area contributed by atoms with Crippen LogP contribution in [0, 0.1) is 18.3 Å². The second-order valence-corrected chi connectivity index (χ2v) is 3.95. The number of anilines is 1. The number of nitriles is 1. The summed E-state index contributed by atoms with van der Waals surface area (Å²) in [5.74, 6) is 0.737. The highest BCUT2D eigenvalue weighted by Crippen LogP contribution is 2.31. The number of rotatable bonds is 3. The molecule has 0 fully saturated rings. The van der Waals surface area contributed by atoms with Gasteiger partial charge in [-0.25, -0.2) is 0 Å². The van der Waals surface area contributed by atoms with Crippen LogP contribution in [0.1, 0.15) is 22.8 Å². The third-order valence-electron chi connectivity index (χ3n) is 2.47. The molecule has 20 heavy (non-hydrogen) atoms. The van der Waals surface area contributed by atoms with Crippen molar-refractivity contribution in [2.75, 3.05) is 5.32 Å². The Morgan fingerprint density at radius 2 is 2.15 bits per heavy atom. The molecule has 1 N–H and O–H groups in total. The van der Waals surface area contributed by atoms with Crippen LogP contribution < -0.4 is 5.32 Å². The smallest absolute Gasteiger partial charge is 0.377 e. The lowest BCUT2D eigenvalue weighted by Crippen LogP contribution is -2.07. The van der Waals surface area contributed by atoms with Crippen LogP contribution >= 0.6 is 0 Å². The Bertz CT molecular complexity index is 657. The number of benzene rings is 1. The molecule has 1 heterocycles. The Kier molecular flexibility index (Phi) is 3.61. The minimum Gasteiger partial charge on any atom is -0.377 e. The molecule has 0 saturated heterocycles. The normalized spacial score (nSPS) is 11.2. The van der Waals surface area contributed by atoms with Gasteiger partial charge >= 0.3 is 6.18 Å². The largest absolute Gasteiger partial charge is 0.416 e. The van der Waals surface area contributed by atoms with Crippen molar-refractivity contribution >= 4 is 5.69 Å². The molecule has 1 aromatic heterocycles. The van der Waals surface area contributed by atoms with Crippen LogP contribution in [0.15, 0.2) is 22.7 Å². The van der Waals surface area contributed by atoms with E-state index in [4.69, 9.17) is 9.78 Å². The van der Waals surface area contributed by atoms with E-state index in [1.54, 1.807) is 13.0 Å². The van der Waals surface area contributed by atoms with E-state index in [-0.39, 0.29) is 17.8 Å². The molecule has 2 rings (SSSR count). The standard InChI is InChI=1S/C12H9F3N4O/c1-7-18-11(19-20-7)6-17-10-3-2-9(12(13,14)15)4-8(10)5-16/h2-4,17H,6H2,1H3. The molecule has 0 bridgehead atoms. The van der Waals surface area contributed by atoms with E-state index >= 15 is 0 Å². The molecule has 0 aliphatic rings. The van der Waals surface area contributed by atoms with Crippen molar-refractivity contribution in [3.63, 3.8) is 0 Å². The monoisotopic (exact) mass is 282 g/mol. The zero-order valence-corrected chi connectivity index (χ0v) is 10.3. The highest BCUT2D eigenvalue weighted by molar-refractivity contribution is 5.58. The molecule has 0 unspecified atom stereocenters. The van der Waals surface area contributed by atoms with Crippen molar-refractivity contribution in [3.05, 3.63) is 41.0 Å². The molecule has 8 heteroatoms. The SMILES string of the molecule is Cc1nc(CNc2ccc(C(F)(F)F)cc2C#N)no1. The fraction of sp³-hybridized carbons (Fsp3) is 0.250. The molecule has 0 spiro atoms. The van der Waals surface area contributed by atoms with Gasteiger partial charge in [-0.05, 0) is 18.2 Å². The molecule has 0 saturated carbocycles. The van der Waals surface area contributed by atoms with E-state index in [2.05, 4.69) is 15.5 Å². The van der Waals surface area contributed by atoms with Crippen molar-refractivity contribution in [2.24, 2.45) is 0 Å². The summed E-state index contributed by atoms with van der Waals surface area (Å²) in [6.07, 6.45) is -4.48. The first-order valence-electron chi connectivity index (χ1n) is 5.54. The molecule has 104 valence electrons. The maximum atomic E-state index is 12.5. The van der Waals surface area contributed by atoms with E-state index in [1.165, 1.54) is 6.07 Å². The van der Waals surface area contributed by atoms with Gasteiger partial charge in [-0.2, -0.15) is 23.4 Å². The van der Waals surface area contributed by atoms with Gasteiger partial charge < -0.3 is 9.84 Å². The Labute approximate surface area is 112 Å². The van der Waals surface area contributed by atoms with E-state index in [0.29, 0.717) is 11.7 Å². The first kappa shape index (κ1) is 13.9. The lowest BCUT2D eigenvalue weighted by Gasteiger charge is -2.10. The van der Waals surface area contributed by atoms with Gasteiger partial charge in [-0.15, -0.1) is 0 Å². The second-order valence-electron chi connectivity index (χ2n) is 3.95. The molecule has 0 aliphatic carbocycles. The van der Waals surface area contributed by atoms with Crippen molar-refractivity contribution in [2.45, 2.75) is 19.6 Å². The lowest BCUT2D eigenvalue weighted by molar-refractivity contribution is -0.137. The highest BCUT2D eigenvalue weighted by atomic mass is 19.4. The number of hydrogen-bond acceptors (Lipinski definition) is 5. The Morgan fingerprint density at radius 3 is 2.70 bits per heavy atom. The van der Waals surface area contributed by atoms with E-state index in [0.717, 1.165) is 12.1 Å². The molecule has 0 aliphatic heterocycles. The molecule has 0 atom stereocenters. The first-order chi connectivity index (χ1) is 9.40. The fourth-order valence-electron chi connectivity index (χ4n) is 1.55. The van der Waals surface area contributed by atoms with E-state index in [9.17, 15) is 13.2 Å². The first-order valence-corrected chi connectivity index (χ1v) is 5.54. The van der Waals surface area contributed by atoms with Crippen LogP contribution in [0.5, 0.6) is 0 Å². The number of alkyl halides is 3. The summed E-state index contributed by atoms with van der Waals surface area (Å²) in [6.45, 7) is 1.77. The third kappa shape index (κ3) is 3.06. The summed E-state index contributed by atoms with van der Waals surface area (Å²) in [6, 6.07) is 4.63. The van der Waals surface area contributed by atoms with Crippen LogP contribution in [0.3, 0.4) is 0 Å². The number of halogens is 3. The van der Waals surface area contributed by atoms with Crippen molar-refractivity contribution < 1.29 is 17.7 Å². The lowest BCUT2D eigenvalue weighted by atomic mass is 10.1. The summed E-state index contributed by atoms with van der Waals surface area (Å²) in [5, 5.41) is 15.3. The summed E-state index contributed by atoms with van der Waals surface area (Å²) in [7, 11) is 0. The second kappa shape index (κ2) is 5.21. The maximum Gasteiger partial charge on any atom is 0.416 e. The molecule has 1 aromatic carbocycles. The van der Waals surface area contributed by atoms with Gasteiger partial charge in [0.15, 0.2) is 5.82 Å². The van der Waals surface area contributed by atoms with Crippen molar-refractivity contribution in [1.82, 2.24) is 10.1 Å². The van der Waals surface area contributed by atoms with Crippen LogP contribution in [-0.4, -0.2) is 10.1 Å². The van der Waals surface area contributed by atoms with Gasteiger partial charge in [-0.1, -0.05) is 5.16 Å². The van der Waals surface area contributed by atoms with Crippen LogP contribution in [0.25, 0.3) is 0 Å². The third-order valence-corrected chi connectivity index (χ3v) is 2.47. The van der Waals surface area contributed by atoms with E-state index in [1.807, 2.05) is 0 Å². The van der Waals surface area contributed by atoms with Crippen molar-refractivity contribution in [3.8, 4) is 6.07 Å². The number of nitrogens with one attached hydrogen (secondary N) is 1. The predicted molar refractivity (Wildman–Crippen MR) is 62.5 cm³/mol. The van der Waals surface area contributed by atoms with Crippen molar-refractivity contribution in [1.29, 1.82) is 5.26 Å². The van der Waals surface area contributed by atoms with Gasteiger partial charge in [0, 0.05) is 6.92 Å². The zero-order chi connectivity index (χ0) is 14.8. The van der Waals surface area contributed by atoms with Gasteiger partial charge in [0.05, 0.1) is 23.4 Å². The van der Waals surface area contributed by atoms with Gasteiger partial charge in [-0.3, -0.25) is 0 Å².